The van der Waals surface area contributed by atoms with Gasteiger partial charge in [0, 0.05) is 22.2 Å². The Morgan fingerprint density at radius 1 is 1.27 bits per heavy atom. The van der Waals surface area contributed by atoms with Gasteiger partial charge in [0.15, 0.2) is 5.76 Å². The summed E-state index contributed by atoms with van der Waals surface area (Å²) in [4.78, 5) is 12.0. The molecule has 0 saturated carbocycles. The summed E-state index contributed by atoms with van der Waals surface area (Å²) >= 11 is 5.93. The van der Waals surface area contributed by atoms with Crippen LogP contribution in [0.5, 0.6) is 5.75 Å². The summed E-state index contributed by atoms with van der Waals surface area (Å²) in [5.74, 6) is 0.462. The summed E-state index contributed by atoms with van der Waals surface area (Å²) in [6, 6.07) is 13.4. The zero-order valence-corrected chi connectivity index (χ0v) is 14.7. The summed E-state index contributed by atoms with van der Waals surface area (Å²) in [5.41, 5.74) is 1.57. The molecule has 0 aliphatic carbocycles. The Balaban J connectivity index is 1.60. The molecule has 1 aromatic heterocycles. The molecule has 0 spiro atoms. The van der Waals surface area contributed by atoms with Crippen LogP contribution in [0.4, 0.5) is 4.39 Å². The predicted molar refractivity (Wildman–Crippen MR) is 95.5 cm³/mol. The van der Waals surface area contributed by atoms with Crippen LogP contribution in [0.25, 0.3) is 11.3 Å². The van der Waals surface area contributed by atoms with Crippen LogP contribution in [0.3, 0.4) is 0 Å². The number of benzene rings is 2. The van der Waals surface area contributed by atoms with Gasteiger partial charge in [0.05, 0.1) is 20.1 Å². The van der Waals surface area contributed by atoms with Crippen LogP contribution in [-0.2, 0) is 17.8 Å². The number of nitrogens with zero attached hydrogens (tertiary/aromatic N) is 1. The second kappa shape index (κ2) is 8.01. The number of nitrogens with one attached hydrogen (secondary N) is 1. The molecule has 0 aliphatic heterocycles. The molecule has 0 bridgehead atoms. The van der Waals surface area contributed by atoms with Gasteiger partial charge >= 0.3 is 0 Å². The van der Waals surface area contributed by atoms with Crippen LogP contribution >= 0.6 is 11.6 Å². The molecule has 1 heterocycles. The topological polar surface area (TPSA) is 64.4 Å². The first-order chi connectivity index (χ1) is 12.6. The van der Waals surface area contributed by atoms with E-state index in [1.807, 2.05) is 24.3 Å². The van der Waals surface area contributed by atoms with Crippen molar-refractivity contribution in [3.05, 3.63) is 70.6 Å². The number of amides is 1. The molecule has 0 fully saturated rings. The molecule has 3 aromatic rings. The number of carbonyl (C=O) groups excluding carboxylic acids is 1. The molecule has 134 valence electrons. The number of rotatable bonds is 6. The predicted octanol–water partition coefficient (Wildman–Crippen LogP) is 4.00. The van der Waals surface area contributed by atoms with Crippen molar-refractivity contribution in [2.24, 2.45) is 0 Å². The third-order valence-corrected chi connectivity index (χ3v) is 4.15. The first-order valence-corrected chi connectivity index (χ1v) is 8.24. The second-order valence-electron chi connectivity index (χ2n) is 5.56. The summed E-state index contributed by atoms with van der Waals surface area (Å²) < 4.78 is 24.1. The molecule has 0 atom stereocenters. The van der Waals surface area contributed by atoms with Gasteiger partial charge in [0.2, 0.25) is 5.91 Å². The van der Waals surface area contributed by atoms with Gasteiger partial charge in [-0.2, -0.15) is 0 Å². The monoisotopic (exact) mass is 374 g/mol. The molecule has 0 aliphatic rings. The molecule has 7 heteroatoms. The fourth-order valence-corrected chi connectivity index (χ4v) is 2.63. The average Bonchev–Trinajstić information content (AvgIpc) is 3.12. The highest BCUT2D eigenvalue weighted by molar-refractivity contribution is 6.31. The number of carbonyl (C=O) groups is 1. The zero-order chi connectivity index (χ0) is 18.5. The second-order valence-corrected chi connectivity index (χ2v) is 5.97. The number of halogens is 2. The lowest BCUT2D eigenvalue weighted by Gasteiger charge is -2.06. The van der Waals surface area contributed by atoms with Crippen molar-refractivity contribution < 1.29 is 18.4 Å². The van der Waals surface area contributed by atoms with Gasteiger partial charge < -0.3 is 14.6 Å². The molecule has 2 aromatic carbocycles. The molecule has 26 heavy (non-hydrogen) atoms. The number of hydrogen-bond acceptors (Lipinski definition) is 4. The van der Waals surface area contributed by atoms with E-state index in [0.717, 1.165) is 11.3 Å². The SMILES string of the molecule is COc1ccc(-c2cc(CNC(=O)Cc3c(F)cccc3Cl)no2)cc1. The fraction of sp³-hybridized carbons (Fsp3) is 0.158. The van der Waals surface area contributed by atoms with Crippen LogP contribution in [0.15, 0.2) is 53.1 Å². The lowest BCUT2D eigenvalue weighted by atomic mass is 10.1. The van der Waals surface area contributed by atoms with Gasteiger partial charge in [0.1, 0.15) is 17.3 Å². The minimum absolute atomic E-state index is 0.144. The minimum Gasteiger partial charge on any atom is -0.497 e. The van der Waals surface area contributed by atoms with E-state index in [2.05, 4.69) is 10.5 Å². The quantitative estimate of drug-likeness (QED) is 0.708. The Bertz CT molecular complexity index is 889. The summed E-state index contributed by atoms with van der Waals surface area (Å²) in [6.07, 6.45) is -0.144. The van der Waals surface area contributed by atoms with Gasteiger partial charge in [-0.3, -0.25) is 4.79 Å². The Morgan fingerprint density at radius 3 is 2.73 bits per heavy atom. The number of ether oxygens (including phenoxy) is 1. The van der Waals surface area contributed by atoms with Gasteiger partial charge in [-0.05, 0) is 36.4 Å². The van der Waals surface area contributed by atoms with E-state index >= 15 is 0 Å². The van der Waals surface area contributed by atoms with Crippen LogP contribution in [-0.4, -0.2) is 18.2 Å². The molecule has 0 unspecified atom stereocenters. The summed E-state index contributed by atoms with van der Waals surface area (Å²) in [5, 5.41) is 6.83. The maximum absolute atomic E-state index is 13.7. The van der Waals surface area contributed by atoms with Crippen molar-refractivity contribution in [3.8, 4) is 17.1 Å². The number of hydrogen-bond donors (Lipinski definition) is 1. The Morgan fingerprint density at radius 2 is 2.04 bits per heavy atom. The van der Waals surface area contributed by atoms with E-state index in [9.17, 15) is 9.18 Å². The zero-order valence-electron chi connectivity index (χ0n) is 14.0. The van der Waals surface area contributed by atoms with Gasteiger partial charge in [0.25, 0.3) is 0 Å². The van der Waals surface area contributed by atoms with Crippen molar-refractivity contribution in [1.82, 2.24) is 10.5 Å². The largest absolute Gasteiger partial charge is 0.497 e. The van der Waals surface area contributed by atoms with Crippen molar-refractivity contribution in [3.63, 3.8) is 0 Å². The van der Waals surface area contributed by atoms with Gasteiger partial charge in [-0.25, -0.2) is 4.39 Å². The Hall–Kier alpha value is -2.86. The standard InChI is InChI=1S/C19H16ClFN2O3/c1-25-14-7-5-12(6-8-14)18-9-13(23-26-18)11-22-19(24)10-15-16(20)3-2-4-17(15)21/h2-9H,10-11H2,1H3,(H,22,24). The smallest absolute Gasteiger partial charge is 0.224 e. The van der Waals surface area contributed by atoms with E-state index in [1.165, 1.54) is 12.1 Å². The number of methoxy groups -OCH3 is 1. The van der Waals surface area contributed by atoms with E-state index < -0.39 is 5.82 Å². The summed E-state index contributed by atoms with van der Waals surface area (Å²) in [7, 11) is 1.60. The normalized spacial score (nSPS) is 10.6. The lowest BCUT2D eigenvalue weighted by molar-refractivity contribution is -0.120. The van der Waals surface area contributed by atoms with E-state index in [1.54, 1.807) is 19.2 Å². The lowest BCUT2D eigenvalue weighted by Crippen LogP contribution is -2.25. The third kappa shape index (κ3) is 4.21. The first-order valence-electron chi connectivity index (χ1n) is 7.86. The van der Waals surface area contributed by atoms with Crippen LogP contribution in [0.2, 0.25) is 5.02 Å². The average molecular weight is 375 g/mol. The Kier molecular flexibility index (Phi) is 5.53. The van der Waals surface area contributed by atoms with E-state index in [4.69, 9.17) is 20.9 Å². The first kappa shape index (κ1) is 17.9. The molecule has 3 rings (SSSR count). The molecule has 5 nitrogen and oxygen atoms in total. The van der Waals surface area contributed by atoms with E-state index in [-0.39, 0.29) is 29.5 Å². The Labute approximate surface area is 154 Å². The molecule has 1 amide bonds. The highest BCUT2D eigenvalue weighted by Crippen LogP contribution is 2.23. The van der Waals surface area contributed by atoms with Crippen molar-refractivity contribution in [2.75, 3.05) is 7.11 Å². The van der Waals surface area contributed by atoms with Crippen LogP contribution in [0.1, 0.15) is 11.3 Å². The molecule has 0 saturated heterocycles. The maximum atomic E-state index is 13.7. The maximum Gasteiger partial charge on any atom is 0.224 e. The van der Waals surface area contributed by atoms with E-state index in [0.29, 0.717) is 11.5 Å². The van der Waals surface area contributed by atoms with Gasteiger partial charge in [-0.15, -0.1) is 0 Å². The minimum atomic E-state index is -0.504. The highest BCUT2D eigenvalue weighted by Gasteiger charge is 2.13. The van der Waals surface area contributed by atoms with Crippen molar-refractivity contribution in [2.45, 2.75) is 13.0 Å². The molecular formula is C19H16ClFN2O3. The van der Waals surface area contributed by atoms with Crippen molar-refractivity contribution >= 4 is 17.5 Å². The van der Waals surface area contributed by atoms with Crippen LogP contribution < -0.4 is 10.1 Å². The summed E-state index contributed by atoms with van der Waals surface area (Å²) in [6.45, 7) is 0.171. The van der Waals surface area contributed by atoms with Crippen molar-refractivity contribution in [1.29, 1.82) is 0 Å². The third-order valence-electron chi connectivity index (χ3n) is 3.80. The highest BCUT2D eigenvalue weighted by atomic mass is 35.5. The molecule has 1 N–H and O–H groups in total. The number of aromatic nitrogens is 1. The van der Waals surface area contributed by atoms with Crippen LogP contribution in [0, 0.1) is 5.82 Å². The van der Waals surface area contributed by atoms with Gasteiger partial charge in [-0.1, -0.05) is 22.8 Å². The molecule has 0 radical (unpaired) electrons. The molecular weight excluding hydrogens is 359 g/mol. The fourth-order valence-electron chi connectivity index (χ4n) is 2.40.